The Hall–Kier alpha value is -2.38. The lowest BCUT2D eigenvalue weighted by Crippen LogP contribution is -2.49. The first-order valence-electron chi connectivity index (χ1n) is 19.9. The van der Waals surface area contributed by atoms with Crippen molar-refractivity contribution in [3.05, 3.63) is 59.7 Å². The fourth-order valence-electron chi connectivity index (χ4n) is 5.99. The van der Waals surface area contributed by atoms with Gasteiger partial charge in [0.05, 0.1) is 96.8 Å². The van der Waals surface area contributed by atoms with E-state index in [9.17, 15) is 0 Å². The summed E-state index contributed by atoms with van der Waals surface area (Å²) in [6.45, 7) is 9.13. The summed E-state index contributed by atoms with van der Waals surface area (Å²) in [5.74, 6) is 1.92. The predicted molar refractivity (Wildman–Crippen MR) is 218 cm³/mol. The molecule has 0 saturated carbocycles. The molecule has 0 aliphatic rings. The van der Waals surface area contributed by atoms with E-state index in [0.29, 0.717) is 0 Å². The molecule has 50 heavy (non-hydrogen) atoms. The maximum atomic E-state index is 6.02. The number of hydrogen-bond acceptors (Lipinski definition) is 2. The Kier molecular flexibility index (Phi) is 19.7. The Morgan fingerprint density at radius 2 is 0.660 bits per heavy atom. The fraction of sp³-hybridized carbons (Fsp3) is 0.682. The molecule has 0 aromatic heterocycles. The lowest BCUT2D eigenvalue weighted by Gasteiger charge is -2.33. The van der Waals surface area contributed by atoms with Crippen molar-refractivity contribution in [3.8, 4) is 11.5 Å². The van der Waals surface area contributed by atoms with Gasteiger partial charge in [0.15, 0.2) is 0 Å². The summed E-state index contributed by atoms with van der Waals surface area (Å²) in [5.41, 5.74) is 2.36. The Bertz CT molecular complexity index is 1080. The quantitative estimate of drug-likeness (QED) is 0.0503. The van der Waals surface area contributed by atoms with Crippen molar-refractivity contribution in [1.29, 1.82) is 0 Å². The van der Waals surface area contributed by atoms with E-state index in [-0.39, 0.29) is 0 Å². The lowest BCUT2D eigenvalue weighted by molar-refractivity contribution is -0.937. The molecular formula is C44H80N4O2+4. The van der Waals surface area contributed by atoms with Crippen LogP contribution in [-0.2, 0) is 0 Å². The van der Waals surface area contributed by atoms with Gasteiger partial charge >= 0.3 is 0 Å². The van der Waals surface area contributed by atoms with Crippen LogP contribution in [0.5, 0.6) is 11.5 Å². The zero-order valence-corrected chi connectivity index (χ0v) is 34.5. The number of ether oxygens (including phenoxy) is 2. The zero-order chi connectivity index (χ0) is 36.9. The van der Waals surface area contributed by atoms with Gasteiger partial charge in [0, 0.05) is 0 Å². The van der Waals surface area contributed by atoms with E-state index in [0.717, 1.165) is 55.5 Å². The van der Waals surface area contributed by atoms with Crippen molar-refractivity contribution >= 4 is 12.2 Å². The standard InChI is InChI=1S/C44H80N4O2/c1-45(2,3)35-37-47(7,8)33-19-15-11-13-17-21-39-49-43-29-25-41(26-30-43)23-24-42-27-31-44(32-28-42)50-40-22-18-14-12-16-20-34-48(9,10)38-36-46(4,5)6/h23-32H,11-22,33-40H2,1-10H3/q+4/b24-23+. The summed E-state index contributed by atoms with van der Waals surface area (Å²) >= 11 is 0. The average Bonchev–Trinajstić information content (AvgIpc) is 3.04. The van der Waals surface area contributed by atoms with Crippen molar-refractivity contribution < 1.29 is 27.4 Å². The first-order valence-corrected chi connectivity index (χ1v) is 19.9. The number of hydrogen-bond donors (Lipinski definition) is 0. The second-order valence-electron chi connectivity index (χ2n) is 18.2. The summed E-state index contributed by atoms with van der Waals surface area (Å²) in [5, 5.41) is 0. The second kappa shape index (κ2) is 22.5. The minimum atomic E-state index is 0.800. The summed E-state index contributed by atoms with van der Waals surface area (Å²) in [4.78, 5) is 0. The van der Waals surface area contributed by atoms with E-state index in [1.165, 1.54) is 115 Å². The van der Waals surface area contributed by atoms with Crippen LogP contribution in [0.25, 0.3) is 12.2 Å². The molecule has 2 aromatic carbocycles. The van der Waals surface area contributed by atoms with Crippen LogP contribution in [0.4, 0.5) is 0 Å². The van der Waals surface area contributed by atoms with E-state index in [4.69, 9.17) is 9.47 Å². The van der Waals surface area contributed by atoms with Crippen molar-refractivity contribution in [2.24, 2.45) is 0 Å². The molecule has 0 unspecified atom stereocenters. The molecule has 0 amide bonds. The van der Waals surface area contributed by atoms with Crippen LogP contribution in [0.2, 0.25) is 0 Å². The number of quaternary nitrogens is 4. The molecule has 0 aliphatic heterocycles. The maximum absolute atomic E-state index is 6.02. The Morgan fingerprint density at radius 3 is 0.980 bits per heavy atom. The van der Waals surface area contributed by atoms with Crippen molar-refractivity contribution in [1.82, 2.24) is 0 Å². The summed E-state index contributed by atoms with van der Waals surface area (Å²) in [7, 11) is 23.2. The third-order valence-electron chi connectivity index (χ3n) is 9.83. The van der Waals surface area contributed by atoms with Gasteiger partial charge in [-0.1, -0.05) is 74.9 Å². The smallest absolute Gasteiger partial charge is 0.128 e. The predicted octanol–water partition coefficient (Wildman–Crippen LogP) is 8.86. The first kappa shape index (κ1) is 43.8. The molecule has 6 heteroatoms. The van der Waals surface area contributed by atoms with Crippen molar-refractivity contribution in [2.75, 3.05) is 123 Å². The molecule has 0 fully saturated rings. The van der Waals surface area contributed by atoms with E-state index < -0.39 is 0 Å². The highest BCUT2D eigenvalue weighted by Gasteiger charge is 2.20. The minimum absolute atomic E-state index is 0.800. The van der Waals surface area contributed by atoms with Crippen LogP contribution < -0.4 is 9.47 Å². The molecule has 0 radical (unpaired) electrons. The number of rotatable bonds is 28. The van der Waals surface area contributed by atoms with Gasteiger partial charge in [0.2, 0.25) is 0 Å². The number of nitrogens with zero attached hydrogens (tertiary/aromatic N) is 4. The Morgan fingerprint density at radius 1 is 0.360 bits per heavy atom. The van der Waals surface area contributed by atoms with Crippen LogP contribution in [0.15, 0.2) is 48.5 Å². The molecule has 284 valence electrons. The molecular weight excluding hydrogens is 617 g/mol. The zero-order valence-electron chi connectivity index (χ0n) is 34.5. The lowest BCUT2D eigenvalue weighted by atomic mass is 10.1. The van der Waals surface area contributed by atoms with Crippen LogP contribution in [0.1, 0.15) is 88.2 Å². The number of likely N-dealkylation sites (N-methyl/N-ethyl adjacent to an activating group) is 4. The van der Waals surface area contributed by atoms with Gasteiger partial charge in [-0.25, -0.2) is 0 Å². The van der Waals surface area contributed by atoms with Crippen molar-refractivity contribution in [2.45, 2.75) is 77.0 Å². The van der Waals surface area contributed by atoms with E-state index in [2.05, 4.69) is 131 Å². The van der Waals surface area contributed by atoms with Gasteiger partial charge in [-0.05, 0) is 73.9 Å². The monoisotopic (exact) mass is 697 g/mol. The third-order valence-corrected chi connectivity index (χ3v) is 9.83. The number of unbranched alkanes of at least 4 members (excludes halogenated alkanes) is 10. The molecule has 2 rings (SSSR count). The summed E-state index contributed by atoms with van der Waals surface area (Å²) < 4.78 is 16.4. The fourth-order valence-corrected chi connectivity index (χ4v) is 5.99. The SMILES string of the molecule is C[N+](C)(C)CC[N+](C)(C)CCCCCCCCOc1ccc(/C=C/c2ccc(OCCCCCCCC[N+](C)(C)CC[N+](C)(C)C)cc2)cc1. The number of benzene rings is 2. The van der Waals surface area contributed by atoms with Gasteiger partial charge in [-0.15, -0.1) is 0 Å². The van der Waals surface area contributed by atoms with Crippen LogP contribution in [0.3, 0.4) is 0 Å². The molecule has 0 N–H and O–H groups in total. The van der Waals surface area contributed by atoms with Gasteiger partial charge in [-0.3, -0.25) is 0 Å². The molecule has 0 saturated heterocycles. The van der Waals surface area contributed by atoms with Gasteiger partial charge in [-0.2, -0.15) is 0 Å². The topological polar surface area (TPSA) is 18.5 Å². The summed E-state index contributed by atoms with van der Waals surface area (Å²) in [6.07, 6.45) is 19.7. The Balaban J connectivity index is 1.50. The second-order valence-corrected chi connectivity index (χ2v) is 18.2. The molecule has 6 nitrogen and oxygen atoms in total. The highest BCUT2D eigenvalue weighted by molar-refractivity contribution is 5.70. The normalized spacial score (nSPS) is 12.9. The molecule has 0 spiro atoms. The van der Waals surface area contributed by atoms with E-state index in [1.54, 1.807) is 0 Å². The maximum Gasteiger partial charge on any atom is 0.128 e. The molecule has 0 aliphatic carbocycles. The Labute approximate surface area is 310 Å². The van der Waals surface area contributed by atoms with E-state index >= 15 is 0 Å². The van der Waals surface area contributed by atoms with E-state index in [1.807, 2.05) is 0 Å². The van der Waals surface area contributed by atoms with Gasteiger partial charge in [0.1, 0.15) is 37.7 Å². The average molecular weight is 697 g/mol. The van der Waals surface area contributed by atoms with Crippen LogP contribution in [0, 0.1) is 0 Å². The minimum Gasteiger partial charge on any atom is -0.494 e. The van der Waals surface area contributed by atoms with Crippen molar-refractivity contribution in [3.63, 3.8) is 0 Å². The highest BCUT2D eigenvalue weighted by atomic mass is 16.5. The molecule has 0 heterocycles. The summed E-state index contributed by atoms with van der Waals surface area (Å²) in [6, 6.07) is 16.9. The molecule has 0 bridgehead atoms. The van der Waals surface area contributed by atoms with Gasteiger partial charge < -0.3 is 27.4 Å². The largest absolute Gasteiger partial charge is 0.494 e. The van der Waals surface area contributed by atoms with Gasteiger partial charge in [0.25, 0.3) is 0 Å². The van der Waals surface area contributed by atoms with Crippen LogP contribution >= 0.6 is 0 Å². The first-order chi connectivity index (χ1) is 23.5. The molecule has 2 aromatic rings. The third kappa shape index (κ3) is 23.2. The highest BCUT2D eigenvalue weighted by Crippen LogP contribution is 2.18. The molecule has 0 atom stereocenters. The van der Waals surface area contributed by atoms with Crippen LogP contribution in [-0.4, -0.2) is 141 Å².